The third kappa shape index (κ3) is 5.31. The molecule has 2 heterocycles. The van der Waals surface area contributed by atoms with Gasteiger partial charge in [-0.15, -0.1) is 0 Å². The summed E-state index contributed by atoms with van der Waals surface area (Å²) in [4.78, 5) is 36.7. The SMILES string of the molecule is COc1cc2c(C)nc(Nc3nc4ccccc4c(=O)[nH]3)nc2cc1F.O=C(O)C(F)(F)F. The number of nitrogens with one attached hydrogen (secondary N) is 2. The molecule has 4 rings (SSSR count). The van der Waals surface area contributed by atoms with E-state index in [1.54, 1.807) is 37.3 Å². The van der Waals surface area contributed by atoms with E-state index in [4.69, 9.17) is 14.6 Å². The number of fused-ring (bicyclic) bond motifs is 2. The van der Waals surface area contributed by atoms with Gasteiger partial charge >= 0.3 is 12.1 Å². The van der Waals surface area contributed by atoms with Crippen molar-refractivity contribution in [2.24, 2.45) is 0 Å². The van der Waals surface area contributed by atoms with Crippen LogP contribution in [-0.4, -0.2) is 44.3 Å². The van der Waals surface area contributed by atoms with Crippen LogP contribution in [0, 0.1) is 12.7 Å². The number of para-hydroxylation sites is 1. The molecule has 3 N–H and O–H groups in total. The Morgan fingerprint density at radius 3 is 2.39 bits per heavy atom. The van der Waals surface area contributed by atoms with E-state index in [1.165, 1.54) is 13.2 Å². The summed E-state index contributed by atoms with van der Waals surface area (Å²) in [5, 5.41) is 11.2. The molecule has 2 aromatic carbocycles. The van der Waals surface area contributed by atoms with E-state index < -0.39 is 18.0 Å². The normalized spacial score (nSPS) is 11.1. The monoisotopic (exact) mass is 465 g/mol. The Balaban J connectivity index is 0.000000383. The topological polar surface area (TPSA) is 130 Å². The van der Waals surface area contributed by atoms with Crippen molar-refractivity contribution in [3.05, 3.63) is 58.3 Å². The van der Waals surface area contributed by atoms with Crippen LogP contribution in [0.1, 0.15) is 5.69 Å². The van der Waals surface area contributed by atoms with Crippen LogP contribution in [0.2, 0.25) is 0 Å². The summed E-state index contributed by atoms with van der Waals surface area (Å²) in [6.45, 7) is 1.78. The highest BCUT2D eigenvalue weighted by Crippen LogP contribution is 2.26. The number of carboxylic acids is 1. The van der Waals surface area contributed by atoms with E-state index >= 15 is 0 Å². The molecule has 0 aliphatic rings. The van der Waals surface area contributed by atoms with E-state index in [-0.39, 0.29) is 23.2 Å². The van der Waals surface area contributed by atoms with E-state index in [2.05, 4.69) is 25.3 Å². The number of methoxy groups -OCH3 is 1. The first-order chi connectivity index (χ1) is 15.5. The predicted molar refractivity (Wildman–Crippen MR) is 110 cm³/mol. The summed E-state index contributed by atoms with van der Waals surface area (Å²) >= 11 is 0. The number of aromatic amines is 1. The number of aliphatic carboxylic acids is 1. The zero-order chi connectivity index (χ0) is 24.3. The van der Waals surface area contributed by atoms with Crippen LogP contribution in [0.25, 0.3) is 21.8 Å². The molecule has 0 saturated heterocycles. The van der Waals surface area contributed by atoms with Crippen LogP contribution in [0.5, 0.6) is 5.75 Å². The average Bonchev–Trinajstić information content (AvgIpc) is 2.73. The average molecular weight is 465 g/mol. The number of ether oxygens (including phenoxy) is 1. The minimum Gasteiger partial charge on any atom is -0.494 e. The van der Waals surface area contributed by atoms with Gasteiger partial charge in [0, 0.05) is 11.5 Å². The molecule has 0 aliphatic carbocycles. The summed E-state index contributed by atoms with van der Waals surface area (Å²) in [7, 11) is 1.40. The van der Waals surface area contributed by atoms with Crippen LogP contribution in [-0.2, 0) is 4.79 Å². The molecule has 0 bridgehead atoms. The number of alkyl halides is 3. The molecule has 4 aromatic rings. The molecule has 0 atom stereocenters. The van der Waals surface area contributed by atoms with Crippen LogP contribution in [0.15, 0.2) is 41.2 Å². The lowest BCUT2D eigenvalue weighted by atomic mass is 10.2. The maximum absolute atomic E-state index is 14.0. The molecule has 9 nitrogen and oxygen atoms in total. The number of rotatable bonds is 3. The third-order valence-corrected chi connectivity index (χ3v) is 4.25. The molecular formula is C20H15F4N5O4. The van der Waals surface area contributed by atoms with E-state index in [0.29, 0.717) is 27.5 Å². The van der Waals surface area contributed by atoms with E-state index in [1.807, 2.05) is 0 Å². The van der Waals surface area contributed by atoms with Gasteiger partial charge in [0.2, 0.25) is 11.9 Å². The lowest BCUT2D eigenvalue weighted by Gasteiger charge is -2.09. The molecule has 2 aromatic heterocycles. The molecule has 172 valence electrons. The van der Waals surface area contributed by atoms with Crippen LogP contribution >= 0.6 is 0 Å². The van der Waals surface area contributed by atoms with Gasteiger partial charge in [-0.25, -0.2) is 24.1 Å². The second kappa shape index (κ2) is 9.06. The summed E-state index contributed by atoms with van der Waals surface area (Å²) in [5.41, 5.74) is 1.33. The first-order valence-electron chi connectivity index (χ1n) is 9.07. The Labute approximate surface area is 182 Å². The molecular weight excluding hydrogens is 450 g/mol. The van der Waals surface area contributed by atoms with Gasteiger partial charge in [0.05, 0.1) is 29.2 Å². The van der Waals surface area contributed by atoms with Crippen molar-refractivity contribution in [1.29, 1.82) is 0 Å². The lowest BCUT2D eigenvalue weighted by Crippen LogP contribution is -2.21. The Morgan fingerprint density at radius 1 is 1.09 bits per heavy atom. The number of anilines is 2. The Bertz CT molecular complexity index is 1410. The van der Waals surface area contributed by atoms with Gasteiger partial charge in [-0.1, -0.05) is 12.1 Å². The number of benzene rings is 2. The first kappa shape index (κ1) is 23.4. The second-order valence-corrected chi connectivity index (χ2v) is 6.50. The maximum Gasteiger partial charge on any atom is 0.490 e. The fourth-order valence-corrected chi connectivity index (χ4v) is 2.75. The van der Waals surface area contributed by atoms with Crippen molar-refractivity contribution >= 4 is 39.7 Å². The summed E-state index contributed by atoms with van der Waals surface area (Å²) < 4.78 is 50.7. The zero-order valence-electron chi connectivity index (χ0n) is 17.0. The first-order valence-corrected chi connectivity index (χ1v) is 9.07. The van der Waals surface area contributed by atoms with Crippen molar-refractivity contribution in [2.45, 2.75) is 13.1 Å². The summed E-state index contributed by atoms with van der Waals surface area (Å²) in [6.07, 6.45) is -5.08. The van der Waals surface area contributed by atoms with Crippen molar-refractivity contribution < 1.29 is 32.2 Å². The Kier molecular flexibility index (Phi) is 6.42. The minimum absolute atomic E-state index is 0.130. The van der Waals surface area contributed by atoms with Crippen LogP contribution in [0.3, 0.4) is 0 Å². The van der Waals surface area contributed by atoms with Crippen molar-refractivity contribution in [3.63, 3.8) is 0 Å². The highest BCUT2D eigenvalue weighted by atomic mass is 19.4. The molecule has 0 amide bonds. The fraction of sp³-hybridized carbons (Fsp3) is 0.150. The van der Waals surface area contributed by atoms with Gasteiger partial charge in [0.15, 0.2) is 11.6 Å². The number of H-pyrrole nitrogens is 1. The smallest absolute Gasteiger partial charge is 0.490 e. The third-order valence-electron chi connectivity index (χ3n) is 4.25. The van der Waals surface area contributed by atoms with Crippen molar-refractivity contribution in [1.82, 2.24) is 19.9 Å². The van der Waals surface area contributed by atoms with E-state index in [0.717, 1.165) is 0 Å². The van der Waals surface area contributed by atoms with Gasteiger partial charge in [0.25, 0.3) is 5.56 Å². The summed E-state index contributed by atoms with van der Waals surface area (Å²) in [5.74, 6) is -2.72. The zero-order valence-corrected chi connectivity index (χ0v) is 17.0. The Hall–Kier alpha value is -4.29. The fourth-order valence-electron chi connectivity index (χ4n) is 2.75. The molecule has 0 spiro atoms. The summed E-state index contributed by atoms with van der Waals surface area (Å²) in [6, 6.07) is 9.84. The van der Waals surface area contributed by atoms with Gasteiger partial charge in [0.1, 0.15) is 0 Å². The predicted octanol–water partition coefficient (Wildman–Crippen LogP) is 3.70. The van der Waals surface area contributed by atoms with Gasteiger partial charge in [-0.05, 0) is 25.1 Å². The van der Waals surface area contributed by atoms with Crippen molar-refractivity contribution in [2.75, 3.05) is 12.4 Å². The molecule has 0 saturated carbocycles. The van der Waals surface area contributed by atoms with E-state index in [9.17, 15) is 22.4 Å². The highest BCUT2D eigenvalue weighted by Gasteiger charge is 2.38. The number of aromatic nitrogens is 4. The van der Waals surface area contributed by atoms with Gasteiger partial charge in [-0.3, -0.25) is 15.1 Å². The molecule has 0 aliphatic heterocycles. The molecule has 0 radical (unpaired) electrons. The second-order valence-electron chi connectivity index (χ2n) is 6.50. The lowest BCUT2D eigenvalue weighted by molar-refractivity contribution is -0.192. The molecule has 33 heavy (non-hydrogen) atoms. The number of hydrogen-bond donors (Lipinski definition) is 3. The minimum atomic E-state index is -5.08. The number of carbonyl (C=O) groups is 1. The Morgan fingerprint density at radius 2 is 1.76 bits per heavy atom. The molecule has 0 unspecified atom stereocenters. The van der Waals surface area contributed by atoms with Crippen LogP contribution in [0.4, 0.5) is 29.5 Å². The van der Waals surface area contributed by atoms with Gasteiger partial charge in [-0.2, -0.15) is 13.2 Å². The molecule has 0 fully saturated rings. The number of halogens is 4. The molecule has 13 heteroatoms. The van der Waals surface area contributed by atoms with Crippen LogP contribution < -0.4 is 15.6 Å². The quantitative estimate of drug-likeness (QED) is 0.391. The highest BCUT2D eigenvalue weighted by molar-refractivity contribution is 5.84. The van der Waals surface area contributed by atoms with Gasteiger partial charge < -0.3 is 9.84 Å². The standard InChI is InChI=1S/C18H14FN5O2.C2HF3O2/c1-9-11-7-15(26-2)12(19)8-14(11)22-17(20-9)24-18-21-13-6-4-3-5-10(13)16(25)23-18;3-2(4,5)1(6)7/h3-8H,1-2H3,(H2,20,21,22,23,24,25);(H,6,7). The number of carboxylic acid groups (broad SMARTS) is 1. The number of nitrogens with zero attached hydrogens (tertiary/aromatic N) is 3. The maximum atomic E-state index is 14.0. The van der Waals surface area contributed by atoms with Crippen molar-refractivity contribution in [3.8, 4) is 5.75 Å². The number of hydrogen-bond acceptors (Lipinski definition) is 7. The largest absolute Gasteiger partial charge is 0.494 e. The number of aryl methyl sites for hydroxylation is 1.